The van der Waals surface area contributed by atoms with Crippen LogP contribution in [0.5, 0.6) is 11.5 Å². The summed E-state index contributed by atoms with van der Waals surface area (Å²) in [7, 11) is 0. The number of hydrogen-bond acceptors (Lipinski definition) is 4. The number of aromatic nitrogens is 2. The number of nitrogens with one attached hydrogen (secondary N) is 1. The van der Waals surface area contributed by atoms with Gasteiger partial charge in [0.15, 0.2) is 11.5 Å². The molecule has 1 aromatic heterocycles. The Labute approximate surface area is 171 Å². The molecule has 0 aliphatic carbocycles. The maximum atomic E-state index is 12.9. The Morgan fingerprint density at radius 1 is 1.21 bits per heavy atom. The highest BCUT2D eigenvalue weighted by atomic mass is 35.5. The monoisotopic (exact) mass is 405 g/mol. The molecule has 0 spiro atoms. The van der Waals surface area contributed by atoms with Gasteiger partial charge < -0.3 is 14.8 Å². The average molecular weight is 406 g/mol. The number of carbonyl (C=O) groups excluding carboxylic acids is 1. The van der Waals surface area contributed by atoms with E-state index in [9.17, 15) is 4.79 Å². The molecule has 1 N–H and O–H groups in total. The summed E-state index contributed by atoms with van der Waals surface area (Å²) in [6.45, 7) is 11.5. The van der Waals surface area contributed by atoms with Gasteiger partial charge in [-0.3, -0.25) is 9.48 Å². The molecule has 3 rings (SSSR count). The highest BCUT2D eigenvalue weighted by Crippen LogP contribution is 2.34. The van der Waals surface area contributed by atoms with E-state index in [-0.39, 0.29) is 23.8 Å². The number of rotatable bonds is 6. The lowest BCUT2D eigenvalue weighted by atomic mass is 9.94. The number of amides is 1. The fourth-order valence-electron chi connectivity index (χ4n) is 3.38. The SMILES string of the molecule is Cc1nn(C[C@@H](C)C(=O)N[C@H](c2ccc3c(c2)OCCO3)C(C)C)c(C)c1Cl. The first-order valence-corrected chi connectivity index (χ1v) is 10.0. The van der Waals surface area contributed by atoms with Crippen LogP contribution in [0.25, 0.3) is 0 Å². The number of nitrogens with zero attached hydrogens (tertiary/aromatic N) is 2. The molecular weight excluding hydrogens is 378 g/mol. The Kier molecular flexibility index (Phi) is 6.18. The lowest BCUT2D eigenvalue weighted by Crippen LogP contribution is -2.37. The Balaban J connectivity index is 1.73. The van der Waals surface area contributed by atoms with Gasteiger partial charge in [-0.2, -0.15) is 5.10 Å². The summed E-state index contributed by atoms with van der Waals surface area (Å²) >= 11 is 6.22. The van der Waals surface area contributed by atoms with Crippen LogP contribution in [-0.4, -0.2) is 28.9 Å². The molecule has 2 atom stereocenters. The number of halogens is 1. The minimum absolute atomic E-state index is 0.0164. The average Bonchev–Trinajstić information content (AvgIpc) is 2.91. The smallest absolute Gasteiger partial charge is 0.225 e. The van der Waals surface area contributed by atoms with E-state index in [1.165, 1.54) is 0 Å². The van der Waals surface area contributed by atoms with Crippen molar-refractivity contribution >= 4 is 17.5 Å². The first-order chi connectivity index (χ1) is 13.3. The number of fused-ring (bicyclic) bond motifs is 1. The molecule has 28 heavy (non-hydrogen) atoms. The van der Waals surface area contributed by atoms with Crippen LogP contribution >= 0.6 is 11.6 Å². The molecule has 2 heterocycles. The van der Waals surface area contributed by atoms with Crippen LogP contribution in [-0.2, 0) is 11.3 Å². The molecule has 0 fully saturated rings. The largest absolute Gasteiger partial charge is 0.486 e. The van der Waals surface area contributed by atoms with Crippen molar-refractivity contribution in [3.05, 3.63) is 40.2 Å². The third-order valence-corrected chi connectivity index (χ3v) is 5.62. The molecule has 0 radical (unpaired) electrons. The van der Waals surface area contributed by atoms with Gasteiger partial charge in [-0.25, -0.2) is 0 Å². The topological polar surface area (TPSA) is 65.4 Å². The third kappa shape index (κ3) is 4.27. The summed E-state index contributed by atoms with van der Waals surface area (Å²) in [4.78, 5) is 12.9. The predicted molar refractivity (Wildman–Crippen MR) is 109 cm³/mol. The van der Waals surface area contributed by atoms with Crippen molar-refractivity contribution in [2.24, 2.45) is 11.8 Å². The standard InChI is InChI=1S/C21H28ClN3O3/c1-12(2)20(16-6-7-17-18(10-16)28-9-8-27-17)23-21(26)13(3)11-25-15(5)19(22)14(4)24-25/h6-7,10,12-13,20H,8-9,11H2,1-5H3,(H,23,26)/t13-,20+/m1/s1. The number of aryl methyl sites for hydroxylation is 1. The molecular formula is C21H28ClN3O3. The third-order valence-electron chi connectivity index (χ3n) is 5.08. The van der Waals surface area contributed by atoms with Crippen LogP contribution in [0.1, 0.15) is 43.8 Å². The van der Waals surface area contributed by atoms with Gasteiger partial charge in [0.2, 0.25) is 5.91 Å². The van der Waals surface area contributed by atoms with Crippen LogP contribution in [0.3, 0.4) is 0 Å². The van der Waals surface area contributed by atoms with Gasteiger partial charge in [-0.15, -0.1) is 0 Å². The summed E-state index contributed by atoms with van der Waals surface area (Å²) in [6.07, 6.45) is 0. The molecule has 7 heteroatoms. The zero-order chi connectivity index (χ0) is 20.4. The molecule has 1 amide bonds. The van der Waals surface area contributed by atoms with Crippen LogP contribution < -0.4 is 14.8 Å². The van der Waals surface area contributed by atoms with Crippen LogP contribution in [0.4, 0.5) is 0 Å². The van der Waals surface area contributed by atoms with Crippen molar-refractivity contribution in [3.8, 4) is 11.5 Å². The van der Waals surface area contributed by atoms with E-state index in [1.54, 1.807) is 4.68 Å². The highest BCUT2D eigenvalue weighted by molar-refractivity contribution is 6.31. The van der Waals surface area contributed by atoms with Gasteiger partial charge in [0, 0.05) is 0 Å². The Morgan fingerprint density at radius 2 is 1.89 bits per heavy atom. The lowest BCUT2D eigenvalue weighted by molar-refractivity contribution is -0.126. The molecule has 2 aromatic rings. The van der Waals surface area contributed by atoms with Gasteiger partial charge in [-0.05, 0) is 37.5 Å². The molecule has 0 saturated carbocycles. The maximum absolute atomic E-state index is 12.9. The van der Waals surface area contributed by atoms with E-state index >= 15 is 0 Å². The van der Waals surface area contributed by atoms with Crippen LogP contribution in [0, 0.1) is 25.7 Å². The summed E-state index contributed by atoms with van der Waals surface area (Å²) in [6, 6.07) is 5.75. The predicted octanol–water partition coefficient (Wildman–Crippen LogP) is 4.07. The quantitative estimate of drug-likeness (QED) is 0.786. The normalized spacial score (nSPS) is 15.4. The van der Waals surface area contributed by atoms with E-state index in [1.807, 2.05) is 39.0 Å². The highest BCUT2D eigenvalue weighted by Gasteiger charge is 2.24. The van der Waals surface area contributed by atoms with E-state index in [0.29, 0.717) is 24.8 Å². The van der Waals surface area contributed by atoms with E-state index in [0.717, 1.165) is 28.5 Å². The minimum Gasteiger partial charge on any atom is -0.486 e. The van der Waals surface area contributed by atoms with Crippen molar-refractivity contribution < 1.29 is 14.3 Å². The summed E-state index contributed by atoms with van der Waals surface area (Å²) < 4.78 is 13.1. The first kappa shape index (κ1) is 20.5. The van der Waals surface area contributed by atoms with Crippen molar-refractivity contribution in [3.63, 3.8) is 0 Å². The fourth-order valence-corrected chi connectivity index (χ4v) is 3.51. The first-order valence-electron chi connectivity index (χ1n) is 9.67. The zero-order valence-corrected chi connectivity index (χ0v) is 17.8. The zero-order valence-electron chi connectivity index (χ0n) is 17.1. The van der Waals surface area contributed by atoms with Crippen LogP contribution in [0.2, 0.25) is 5.02 Å². The molecule has 1 aliphatic rings. The van der Waals surface area contributed by atoms with E-state index in [2.05, 4.69) is 24.3 Å². The van der Waals surface area contributed by atoms with E-state index in [4.69, 9.17) is 21.1 Å². The molecule has 0 unspecified atom stereocenters. The number of benzene rings is 1. The fraction of sp³-hybridized carbons (Fsp3) is 0.524. The number of ether oxygens (including phenoxy) is 2. The van der Waals surface area contributed by atoms with Crippen molar-refractivity contribution in [2.45, 2.75) is 47.2 Å². The molecule has 6 nitrogen and oxygen atoms in total. The van der Waals surface area contributed by atoms with Gasteiger partial charge in [0.1, 0.15) is 13.2 Å². The number of hydrogen-bond donors (Lipinski definition) is 1. The second-order valence-corrected chi connectivity index (χ2v) is 8.08. The van der Waals surface area contributed by atoms with Gasteiger partial charge in [-0.1, -0.05) is 38.4 Å². The Morgan fingerprint density at radius 3 is 2.50 bits per heavy atom. The molecule has 152 valence electrons. The second kappa shape index (κ2) is 8.43. The Hall–Kier alpha value is -2.21. The van der Waals surface area contributed by atoms with E-state index < -0.39 is 0 Å². The minimum atomic E-state index is -0.243. The lowest BCUT2D eigenvalue weighted by Gasteiger charge is -2.26. The van der Waals surface area contributed by atoms with Crippen molar-refractivity contribution in [1.29, 1.82) is 0 Å². The summed E-state index contributed by atoms with van der Waals surface area (Å²) in [5.41, 5.74) is 2.67. The van der Waals surface area contributed by atoms with Crippen molar-refractivity contribution in [1.82, 2.24) is 15.1 Å². The van der Waals surface area contributed by atoms with Crippen molar-refractivity contribution in [2.75, 3.05) is 13.2 Å². The van der Waals surface area contributed by atoms with Gasteiger partial charge >= 0.3 is 0 Å². The molecule has 0 bridgehead atoms. The van der Waals surface area contributed by atoms with Crippen LogP contribution in [0.15, 0.2) is 18.2 Å². The second-order valence-electron chi connectivity index (χ2n) is 7.70. The molecule has 1 aromatic carbocycles. The molecule has 1 aliphatic heterocycles. The Bertz CT molecular complexity index is 863. The number of carbonyl (C=O) groups is 1. The molecule has 0 saturated heterocycles. The maximum Gasteiger partial charge on any atom is 0.225 e. The van der Waals surface area contributed by atoms with Gasteiger partial charge in [0.05, 0.1) is 34.9 Å². The van der Waals surface area contributed by atoms with Gasteiger partial charge in [0.25, 0.3) is 0 Å². The summed E-state index contributed by atoms with van der Waals surface area (Å²) in [5.74, 6) is 1.44. The summed E-state index contributed by atoms with van der Waals surface area (Å²) in [5, 5.41) is 8.27.